The average molecular weight is 354 g/mol. The van der Waals surface area contributed by atoms with Crippen molar-refractivity contribution in [2.45, 2.75) is 20.3 Å². The molecule has 0 saturated carbocycles. The fraction of sp³-hybridized carbons (Fsp3) is 0.300. The van der Waals surface area contributed by atoms with Gasteiger partial charge in [0.1, 0.15) is 13.2 Å². The van der Waals surface area contributed by atoms with Gasteiger partial charge in [0.15, 0.2) is 11.5 Å². The van der Waals surface area contributed by atoms with Crippen molar-refractivity contribution in [1.82, 2.24) is 0 Å². The first-order chi connectivity index (χ1) is 12.5. The number of nitrogens with zero attached hydrogens (tertiary/aromatic N) is 1. The van der Waals surface area contributed by atoms with E-state index in [1.165, 1.54) is 6.92 Å². The number of benzene rings is 2. The summed E-state index contributed by atoms with van der Waals surface area (Å²) in [5.74, 6) is 1.04. The summed E-state index contributed by atoms with van der Waals surface area (Å²) in [5.41, 5.74) is 2.55. The SMILES string of the molecule is CC(=O)N(CCC(=O)Nc1ccc2c(c1)OCCO2)c1ccc(C)cc1. The maximum atomic E-state index is 12.3. The molecule has 6 nitrogen and oxygen atoms in total. The van der Waals surface area contributed by atoms with Crippen LogP contribution >= 0.6 is 0 Å². The molecule has 0 saturated heterocycles. The molecular formula is C20H22N2O4. The van der Waals surface area contributed by atoms with E-state index >= 15 is 0 Å². The smallest absolute Gasteiger partial charge is 0.226 e. The van der Waals surface area contributed by atoms with Crippen molar-refractivity contribution in [3.8, 4) is 11.5 Å². The lowest BCUT2D eigenvalue weighted by Crippen LogP contribution is -2.31. The molecule has 0 fully saturated rings. The first-order valence-electron chi connectivity index (χ1n) is 8.57. The van der Waals surface area contributed by atoms with Crippen LogP contribution in [0.3, 0.4) is 0 Å². The molecule has 0 aromatic heterocycles. The van der Waals surface area contributed by atoms with Crippen molar-refractivity contribution in [2.75, 3.05) is 30.0 Å². The lowest BCUT2D eigenvalue weighted by molar-refractivity contribution is -0.117. The minimum absolute atomic E-state index is 0.0963. The molecule has 0 radical (unpaired) electrons. The highest BCUT2D eigenvalue weighted by Crippen LogP contribution is 2.32. The van der Waals surface area contributed by atoms with E-state index in [0.29, 0.717) is 36.9 Å². The molecule has 1 aliphatic heterocycles. The van der Waals surface area contributed by atoms with E-state index in [4.69, 9.17) is 9.47 Å². The van der Waals surface area contributed by atoms with Gasteiger partial charge in [-0.25, -0.2) is 0 Å². The Morgan fingerprint density at radius 2 is 1.73 bits per heavy atom. The molecule has 1 N–H and O–H groups in total. The summed E-state index contributed by atoms with van der Waals surface area (Å²) in [4.78, 5) is 25.8. The Balaban J connectivity index is 1.60. The monoisotopic (exact) mass is 354 g/mol. The number of aryl methyl sites for hydroxylation is 1. The van der Waals surface area contributed by atoms with Gasteiger partial charge in [0.25, 0.3) is 0 Å². The Bertz CT molecular complexity index is 802. The fourth-order valence-electron chi connectivity index (χ4n) is 2.75. The van der Waals surface area contributed by atoms with Gasteiger partial charge in [-0.1, -0.05) is 17.7 Å². The Hall–Kier alpha value is -3.02. The van der Waals surface area contributed by atoms with Crippen LogP contribution in [0.2, 0.25) is 0 Å². The first-order valence-corrected chi connectivity index (χ1v) is 8.57. The van der Waals surface area contributed by atoms with Crippen molar-refractivity contribution in [2.24, 2.45) is 0 Å². The fourth-order valence-corrected chi connectivity index (χ4v) is 2.75. The van der Waals surface area contributed by atoms with Gasteiger partial charge in [0.05, 0.1) is 0 Å². The van der Waals surface area contributed by atoms with E-state index in [1.54, 1.807) is 23.1 Å². The van der Waals surface area contributed by atoms with Crippen LogP contribution in [0.1, 0.15) is 18.9 Å². The summed E-state index contributed by atoms with van der Waals surface area (Å²) in [6.07, 6.45) is 0.196. The van der Waals surface area contributed by atoms with Crippen LogP contribution in [-0.4, -0.2) is 31.6 Å². The predicted molar refractivity (Wildman–Crippen MR) is 99.9 cm³/mol. The third-order valence-corrected chi connectivity index (χ3v) is 4.11. The maximum absolute atomic E-state index is 12.3. The second-order valence-electron chi connectivity index (χ2n) is 6.16. The number of rotatable bonds is 5. The van der Waals surface area contributed by atoms with E-state index in [0.717, 1.165) is 11.3 Å². The molecule has 0 aliphatic carbocycles. The van der Waals surface area contributed by atoms with Crippen LogP contribution in [0.4, 0.5) is 11.4 Å². The number of fused-ring (bicyclic) bond motifs is 1. The Labute approximate surface area is 152 Å². The van der Waals surface area contributed by atoms with Gasteiger partial charge < -0.3 is 19.7 Å². The molecule has 0 bridgehead atoms. The van der Waals surface area contributed by atoms with Crippen LogP contribution in [0.15, 0.2) is 42.5 Å². The van der Waals surface area contributed by atoms with Crippen LogP contribution < -0.4 is 19.7 Å². The highest BCUT2D eigenvalue weighted by molar-refractivity contribution is 5.95. The zero-order chi connectivity index (χ0) is 18.5. The highest BCUT2D eigenvalue weighted by atomic mass is 16.6. The number of carbonyl (C=O) groups excluding carboxylic acids is 2. The third kappa shape index (κ3) is 4.33. The molecule has 0 atom stereocenters. The molecule has 136 valence electrons. The number of carbonyl (C=O) groups is 2. The van der Waals surface area contributed by atoms with Crippen molar-refractivity contribution >= 4 is 23.2 Å². The number of ether oxygens (including phenoxy) is 2. The van der Waals surface area contributed by atoms with Crippen molar-refractivity contribution < 1.29 is 19.1 Å². The Morgan fingerprint density at radius 3 is 2.42 bits per heavy atom. The molecule has 2 aromatic rings. The number of hydrogen-bond donors (Lipinski definition) is 1. The van der Waals surface area contributed by atoms with Gasteiger partial charge >= 0.3 is 0 Å². The Morgan fingerprint density at radius 1 is 1.04 bits per heavy atom. The summed E-state index contributed by atoms with van der Waals surface area (Å²) < 4.78 is 11.0. The van der Waals surface area contributed by atoms with Crippen LogP contribution in [-0.2, 0) is 9.59 Å². The zero-order valence-corrected chi connectivity index (χ0v) is 15.0. The minimum Gasteiger partial charge on any atom is -0.486 e. The number of hydrogen-bond acceptors (Lipinski definition) is 4. The van der Waals surface area contributed by atoms with E-state index in [9.17, 15) is 9.59 Å². The van der Waals surface area contributed by atoms with Gasteiger partial charge in [-0.05, 0) is 31.2 Å². The Kier molecular flexibility index (Phi) is 5.41. The number of nitrogens with one attached hydrogen (secondary N) is 1. The predicted octanol–water partition coefficient (Wildman–Crippen LogP) is 3.15. The summed E-state index contributed by atoms with van der Waals surface area (Å²) in [6.45, 7) is 4.82. The van der Waals surface area contributed by atoms with Gasteiger partial charge in [-0.15, -0.1) is 0 Å². The number of amides is 2. The highest BCUT2D eigenvalue weighted by Gasteiger charge is 2.15. The van der Waals surface area contributed by atoms with Gasteiger partial charge in [0.2, 0.25) is 11.8 Å². The molecular weight excluding hydrogens is 332 g/mol. The van der Waals surface area contributed by atoms with Gasteiger partial charge in [0, 0.05) is 37.3 Å². The standard InChI is InChI=1S/C20H22N2O4/c1-14-3-6-17(7-4-14)22(15(2)23)10-9-20(24)21-16-5-8-18-19(13-16)26-12-11-25-18/h3-8,13H,9-12H2,1-2H3,(H,21,24). The number of anilines is 2. The summed E-state index contributed by atoms with van der Waals surface area (Å²) in [7, 11) is 0. The molecule has 2 aromatic carbocycles. The first kappa shape index (κ1) is 17.8. The molecule has 0 unspecified atom stereocenters. The van der Waals surface area contributed by atoms with Crippen molar-refractivity contribution in [3.05, 3.63) is 48.0 Å². The largest absolute Gasteiger partial charge is 0.486 e. The summed E-state index contributed by atoms with van der Waals surface area (Å²) in [5, 5.41) is 2.83. The normalized spacial score (nSPS) is 12.4. The van der Waals surface area contributed by atoms with Crippen molar-refractivity contribution in [1.29, 1.82) is 0 Å². The van der Waals surface area contributed by atoms with Crippen molar-refractivity contribution in [3.63, 3.8) is 0 Å². The zero-order valence-electron chi connectivity index (χ0n) is 15.0. The molecule has 26 heavy (non-hydrogen) atoms. The quantitative estimate of drug-likeness (QED) is 0.896. The molecule has 1 aliphatic rings. The molecule has 2 amide bonds. The van der Waals surface area contributed by atoms with Crippen LogP contribution in [0.25, 0.3) is 0 Å². The van der Waals surface area contributed by atoms with E-state index in [-0.39, 0.29) is 18.2 Å². The molecule has 6 heteroatoms. The average Bonchev–Trinajstić information content (AvgIpc) is 2.63. The van der Waals surface area contributed by atoms with Crippen LogP contribution in [0, 0.1) is 6.92 Å². The van der Waals surface area contributed by atoms with Crippen LogP contribution in [0.5, 0.6) is 11.5 Å². The maximum Gasteiger partial charge on any atom is 0.226 e. The summed E-state index contributed by atoms with van der Waals surface area (Å²) >= 11 is 0. The molecule has 0 spiro atoms. The third-order valence-electron chi connectivity index (χ3n) is 4.11. The molecule has 3 rings (SSSR count). The molecule has 1 heterocycles. The second-order valence-corrected chi connectivity index (χ2v) is 6.16. The second kappa shape index (κ2) is 7.91. The topological polar surface area (TPSA) is 67.9 Å². The lowest BCUT2D eigenvalue weighted by Gasteiger charge is -2.21. The summed E-state index contributed by atoms with van der Waals surface area (Å²) in [6, 6.07) is 13.0. The minimum atomic E-state index is -0.167. The van der Waals surface area contributed by atoms with E-state index in [2.05, 4.69) is 5.32 Å². The van der Waals surface area contributed by atoms with Gasteiger partial charge in [-0.2, -0.15) is 0 Å². The van der Waals surface area contributed by atoms with E-state index < -0.39 is 0 Å². The lowest BCUT2D eigenvalue weighted by atomic mass is 10.2. The van der Waals surface area contributed by atoms with E-state index in [1.807, 2.05) is 31.2 Å². The van der Waals surface area contributed by atoms with Gasteiger partial charge in [-0.3, -0.25) is 9.59 Å².